The van der Waals surface area contributed by atoms with Crippen molar-refractivity contribution < 1.29 is 9.15 Å². The maximum Gasteiger partial charge on any atom is 0.227 e. The summed E-state index contributed by atoms with van der Waals surface area (Å²) >= 11 is 0. The third-order valence-corrected chi connectivity index (χ3v) is 4.62. The predicted molar refractivity (Wildman–Crippen MR) is 104 cm³/mol. The minimum atomic E-state index is 0.564. The molecule has 0 aliphatic carbocycles. The van der Waals surface area contributed by atoms with Gasteiger partial charge in [0.05, 0.1) is 0 Å². The van der Waals surface area contributed by atoms with Gasteiger partial charge in [0.25, 0.3) is 0 Å². The van der Waals surface area contributed by atoms with Crippen molar-refractivity contribution in [3.8, 4) is 17.2 Å². The molecule has 130 valence electrons. The summed E-state index contributed by atoms with van der Waals surface area (Å²) in [6.45, 7) is 4.80. The number of ether oxygens (including phenoxy) is 1. The monoisotopic (exact) mass is 343 g/mol. The van der Waals surface area contributed by atoms with Crippen LogP contribution in [0.15, 0.2) is 71.1 Å². The number of aromatic nitrogens is 1. The molecule has 3 aromatic carbocycles. The Morgan fingerprint density at radius 1 is 0.962 bits per heavy atom. The van der Waals surface area contributed by atoms with Crippen LogP contribution in [0, 0.1) is 6.92 Å². The first-order chi connectivity index (χ1) is 12.7. The fourth-order valence-electron chi connectivity index (χ4n) is 2.94. The predicted octanol–water partition coefficient (Wildman–Crippen LogP) is 5.94. The zero-order valence-electron chi connectivity index (χ0n) is 15.0. The lowest BCUT2D eigenvalue weighted by atomic mass is 10.1. The first kappa shape index (κ1) is 16.4. The molecule has 0 amide bonds. The molecule has 0 fully saturated rings. The van der Waals surface area contributed by atoms with Crippen molar-refractivity contribution in [1.29, 1.82) is 0 Å². The van der Waals surface area contributed by atoms with Crippen LogP contribution in [0.4, 0.5) is 0 Å². The molecule has 0 spiro atoms. The number of hydrogen-bond acceptors (Lipinski definition) is 3. The van der Waals surface area contributed by atoms with E-state index in [4.69, 9.17) is 9.15 Å². The number of nitrogens with zero attached hydrogens (tertiary/aromatic N) is 1. The van der Waals surface area contributed by atoms with E-state index in [-0.39, 0.29) is 0 Å². The average Bonchev–Trinajstić information content (AvgIpc) is 3.11. The molecule has 3 nitrogen and oxygen atoms in total. The van der Waals surface area contributed by atoms with E-state index in [2.05, 4.69) is 43.1 Å². The van der Waals surface area contributed by atoms with Crippen LogP contribution < -0.4 is 4.74 Å². The smallest absolute Gasteiger partial charge is 0.227 e. The van der Waals surface area contributed by atoms with Gasteiger partial charge < -0.3 is 9.15 Å². The Balaban J connectivity index is 1.51. The molecule has 0 aliphatic rings. The maximum atomic E-state index is 5.90. The Labute approximate surface area is 153 Å². The van der Waals surface area contributed by atoms with E-state index >= 15 is 0 Å². The van der Waals surface area contributed by atoms with Crippen molar-refractivity contribution in [3.05, 3.63) is 83.4 Å². The Bertz CT molecular complexity index is 1030. The van der Waals surface area contributed by atoms with E-state index in [1.54, 1.807) is 0 Å². The molecule has 1 aromatic heterocycles. The molecule has 3 heteroatoms. The Kier molecular flexibility index (Phi) is 4.44. The van der Waals surface area contributed by atoms with Gasteiger partial charge in [0.15, 0.2) is 5.58 Å². The van der Waals surface area contributed by atoms with Gasteiger partial charge in [0, 0.05) is 5.56 Å². The van der Waals surface area contributed by atoms with Crippen molar-refractivity contribution in [2.24, 2.45) is 0 Å². The molecular weight excluding hydrogens is 322 g/mol. The molecule has 0 N–H and O–H groups in total. The van der Waals surface area contributed by atoms with Crippen LogP contribution >= 0.6 is 0 Å². The quantitative estimate of drug-likeness (QED) is 0.449. The van der Waals surface area contributed by atoms with E-state index in [9.17, 15) is 0 Å². The second-order valence-electron chi connectivity index (χ2n) is 6.41. The standard InChI is InChI=1S/C23H21NO2/c1-3-17-8-13-22-21(14-17)24-23(26-22)18-9-11-20(12-10-18)25-15-19-7-5-4-6-16(19)2/h4-14H,3,15H2,1-2H3. The number of rotatable bonds is 5. The molecule has 4 rings (SSSR count). The first-order valence-electron chi connectivity index (χ1n) is 8.90. The Morgan fingerprint density at radius 2 is 1.77 bits per heavy atom. The van der Waals surface area contributed by atoms with Gasteiger partial charge in [-0.1, -0.05) is 37.3 Å². The molecule has 4 aromatic rings. The summed E-state index contributed by atoms with van der Waals surface area (Å²) < 4.78 is 11.8. The van der Waals surface area contributed by atoms with Crippen molar-refractivity contribution in [2.75, 3.05) is 0 Å². The molecule has 1 heterocycles. The van der Waals surface area contributed by atoms with Gasteiger partial charge in [0.1, 0.15) is 17.9 Å². The van der Waals surface area contributed by atoms with Crippen LogP contribution in [0.25, 0.3) is 22.6 Å². The van der Waals surface area contributed by atoms with E-state index in [1.165, 1.54) is 16.7 Å². The number of fused-ring (bicyclic) bond motifs is 1. The zero-order valence-corrected chi connectivity index (χ0v) is 15.0. The minimum absolute atomic E-state index is 0.564. The summed E-state index contributed by atoms with van der Waals surface area (Å²) in [5.41, 5.74) is 6.36. The van der Waals surface area contributed by atoms with Crippen LogP contribution in [0.5, 0.6) is 5.75 Å². The molecule has 26 heavy (non-hydrogen) atoms. The van der Waals surface area contributed by atoms with Gasteiger partial charge in [-0.05, 0) is 66.4 Å². The van der Waals surface area contributed by atoms with E-state index in [1.807, 2.05) is 42.5 Å². The summed E-state index contributed by atoms with van der Waals surface area (Å²) in [6.07, 6.45) is 0.991. The van der Waals surface area contributed by atoms with Crippen LogP contribution in [0.1, 0.15) is 23.6 Å². The summed E-state index contributed by atoms with van der Waals surface area (Å²) in [5, 5.41) is 0. The number of aryl methyl sites for hydroxylation is 2. The minimum Gasteiger partial charge on any atom is -0.489 e. The van der Waals surface area contributed by atoms with Crippen molar-refractivity contribution in [2.45, 2.75) is 26.9 Å². The Hall–Kier alpha value is -3.07. The zero-order chi connectivity index (χ0) is 17.9. The van der Waals surface area contributed by atoms with Gasteiger partial charge in [-0.25, -0.2) is 4.98 Å². The highest BCUT2D eigenvalue weighted by Gasteiger charge is 2.09. The van der Waals surface area contributed by atoms with Gasteiger partial charge in [-0.15, -0.1) is 0 Å². The normalized spacial score (nSPS) is 11.0. The molecule has 0 bridgehead atoms. The lowest BCUT2D eigenvalue weighted by Gasteiger charge is -2.08. The fourth-order valence-corrected chi connectivity index (χ4v) is 2.94. The number of oxazole rings is 1. The second-order valence-corrected chi connectivity index (χ2v) is 6.41. The van der Waals surface area contributed by atoms with Crippen LogP contribution in [0.2, 0.25) is 0 Å². The average molecular weight is 343 g/mol. The molecule has 0 unspecified atom stereocenters. The molecule has 0 radical (unpaired) electrons. The van der Waals surface area contributed by atoms with Crippen LogP contribution in [-0.4, -0.2) is 4.98 Å². The highest BCUT2D eigenvalue weighted by Crippen LogP contribution is 2.27. The number of hydrogen-bond donors (Lipinski definition) is 0. The van der Waals surface area contributed by atoms with Crippen molar-refractivity contribution in [3.63, 3.8) is 0 Å². The van der Waals surface area contributed by atoms with Crippen molar-refractivity contribution >= 4 is 11.1 Å². The summed E-state index contributed by atoms with van der Waals surface area (Å²) in [5.74, 6) is 1.47. The second kappa shape index (κ2) is 7.04. The van der Waals surface area contributed by atoms with Gasteiger partial charge >= 0.3 is 0 Å². The molecule has 0 aliphatic heterocycles. The lowest BCUT2D eigenvalue weighted by molar-refractivity contribution is 0.305. The van der Waals surface area contributed by atoms with E-state index in [0.717, 1.165) is 28.8 Å². The molecule has 0 atom stereocenters. The maximum absolute atomic E-state index is 5.90. The summed E-state index contributed by atoms with van der Waals surface area (Å²) in [4.78, 5) is 4.62. The summed E-state index contributed by atoms with van der Waals surface area (Å²) in [6, 6.07) is 22.3. The highest BCUT2D eigenvalue weighted by atomic mass is 16.5. The van der Waals surface area contributed by atoms with Gasteiger partial charge in [0.2, 0.25) is 5.89 Å². The molecular formula is C23H21NO2. The molecule has 0 saturated heterocycles. The molecule has 0 saturated carbocycles. The third kappa shape index (κ3) is 3.33. The van der Waals surface area contributed by atoms with E-state index in [0.29, 0.717) is 12.5 Å². The lowest BCUT2D eigenvalue weighted by Crippen LogP contribution is -1.97. The van der Waals surface area contributed by atoms with Gasteiger partial charge in [-0.3, -0.25) is 0 Å². The van der Waals surface area contributed by atoms with Gasteiger partial charge in [-0.2, -0.15) is 0 Å². The summed E-state index contributed by atoms with van der Waals surface area (Å²) in [7, 11) is 0. The van der Waals surface area contributed by atoms with E-state index < -0.39 is 0 Å². The largest absolute Gasteiger partial charge is 0.489 e. The number of benzene rings is 3. The first-order valence-corrected chi connectivity index (χ1v) is 8.90. The Morgan fingerprint density at radius 3 is 2.54 bits per heavy atom. The van der Waals surface area contributed by atoms with Crippen LogP contribution in [-0.2, 0) is 13.0 Å². The third-order valence-electron chi connectivity index (χ3n) is 4.62. The van der Waals surface area contributed by atoms with Crippen molar-refractivity contribution in [1.82, 2.24) is 4.98 Å². The van der Waals surface area contributed by atoms with Crippen LogP contribution in [0.3, 0.4) is 0 Å². The fraction of sp³-hybridized carbons (Fsp3) is 0.174. The SMILES string of the molecule is CCc1ccc2oc(-c3ccc(OCc4ccccc4C)cc3)nc2c1. The highest BCUT2D eigenvalue weighted by molar-refractivity contribution is 5.77. The topological polar surface area (TPSA) is 35.3 Å².